The quantitative estimate of drug-likeness (QED) is 0.256. The Labute approximate surface area is 74.0 Å². The third-order valence-corrected chi connectivity index (χ3v) is 0.835. The average molecular weight is 121 g/mol. The smallest absolute Gasteiger partial charge is 0.580 e. The summed E-state index contributed by atoms with van der Waals surface area (Å²) < 4.78 is 22.3. The molecular formula is C2H5Li2NO2S. The summed E-state index contributed by atoms with van der Waals surface area (Å²) in [6, 6.07) is 0. The maximum absolute atomic E-state index is 9.72. The molecule has 0 unspecified atom stereocenters. The monoisotopic (exact) mass is 121 g/mol. The van der Waals surface area contributed by atoms with Crippen LogP contribution in [-0.2, 0) is 10.0 Å². The van der Waals surface area contributed by atoms with Crippen LogP contribution in [0, 0.1) is 6.26 Å². The average Bonchev–Trinajstić information content (AvgIpc) is 1.35. The van der Waals surface area contributed by atoms with Gasteiger partial charge in [0.05, 0.1) is 0 Å². The molecule has 6 heteroatoms. The van der Waals surface area contributed by atoms with Gasteiger partial charge in [0.1, 0.15) is 0 Å². The summed E-state index contributed by atoms with van der Waals surface area (Å²) >= 11 is 0. The second-order valence-corrected chi connectivity index (χ2v) is 2.29. The van der Waals surface area contributed by atoms with Crippen LogP contribution >= 0.6 is 0 Å². The summed E-state index contributed by atoms with van der Waals surface area (Å²) in [6.45, 7) is 0. The molecule has 0 rings (SSSR count). The van der Waals surface area contributed by atoms with Crippen LogP contribution in [0.4, 0.5) is 0 Å². The van der Waals surface area contributed by atoms with Crippen LogP contribution < -0.4 is 37.7 Å². The maximum Gasteiger partial charge on any atom is 1.00 e. The van der Waals surface area contributed by atoms with Crippen molar-refractivity contribution in [3.63, 3.8) is 0 Å². The third-order valence-electron chi connectivity index (χ3n) is 0.278. The molecule has 0 aliphatic carbocycles. The Kier molecular flexibility index (Phi) is 12.5. The molecule has 0 aromatic carbocycles. The Hall–Kier alpha value is 1.10. The Morgan fingerprint density at radius 3 is 1.50 bits per heavy atom. The van der Waals surface area contributed by atoms with E-state index < -0.39 is 10.0 Å². The SMILES string of the molecule is [CH2-]S(=O)(=O)[N-]C.[Li+].[Li+]. The fourth-order valence-electron chi connectivity index (χ4n) is 0. The summed E-state index contributed by atoms with van der Waals surface area (Å²) in [4.78, 5) is 0. The number of hydrogen-bond donors (Lipinski definition) is 0. The van der Waals surface area contributed by atoms with E-state index in [4.69, 9.17) is 0 Å². The van der Waals surface area contributed by atoms with Gasteiger partial charge in [0.2, 0.25) is 0 Å². The van der Waals surface area contributed by atoms with Crippen molar-refractivity contribution < 1.29 is 46.1 Å². The van der Waals surface area contributed by atoms with E-state index in [0.29, 0.717) is 0 Å². The topological polar surface area (TPSA) is 48.2 Å². The molecule has 0 aromatic heterocycles. The van der Waals surface area contributed by atoms with Gasteiger partial charge in [-0.25, -0.2) is 6.26 Å². The van der Waals surface area contributed by atoms with Crippen molar-refractivity contribution in [2.75, 3.05) is 7.05 Å². The molecule has 0 N–H and O–H groups in total. The Bertz CT molecular complexity index is 120. The zero-order chi connectivity index (χ0) is 5.21. The van der Waals surface area contributed by atoms with Crippen LogP contribution in [0.5, 0.6) is 0 Å². The van der Waals surface area contributed by atoms with Crippen molar-refractivity contribution in [2.45, 2.75) is 0 Å². The number of nitrogens with zero attached hydrogens (tertiary/aromatic N) is 1. The fourth-order valence-corrected chi connectivity index (χ4v) is 0. The first-order chi connectivity index (χ1) is 2.56. The van der Waals surface area contributed by atoms with Crippen LogP contribution in [0.2, 0.25) is 0 Å². The van der Waals surface area contributed by atoms with E-state index in [1.54, 1.807) is 0 Å². The predicted octanol–water partition coefficient (Wildman–Crippen LogP) is -5.88. The van der Waals surface area contributed by atoms with E-state index in [0.717, 1.165) is 0 Å². The van der Waals surface area contributed by atoms with Crippen molar-refractivity contribution in [2.24, 2.45) is 0 Å². The van der Waals surface area contributed by atoms with Crippen LogP contribution in [0.1, 0.15) is 0 Å². The fraction of sp³-hybridized carbons (Fsp3) is 0.500. The van der Waals surface area contributed by atoms with Crippen LogP contribution in [0.25, 0.3) is 4.72 Å². The molecule has 0 fully saturated rings. The normalized spacial score (nSPS) is 8.75. The standard InChI is InChI=1S/C2H5NO2S.2Li/c1-3-6(2,4)5;;/h2H2,1H3;;/q-2;2*+1. The first-order valence-corrected chi connectivity index (χ1v) is 2.86. The molecular weight excluding hydrogens is 116 g/mol. The Morgan fingerprint density at radius 1 is 1.38 bits per heavy atom. The second-order valence-electron chi connectivity index (χ2n) is 0.764. The molecule has 0 saturated heterocycles. The maximum atomic E-state index is 9.72. The molecule has 8 heavy (non-hydrogen) atoms. The molecule has 0 saturated carbocycles. The van der Waals surface area contributed by atoms with E-state index in [1.165, 1.54) is 7.05 Å². The van der Waals surface area contributed by atoms with Gasteiger partial charge in [-0.3, -0.25) is 8.42 Å². The van der Waals surface area contributed by atoms with Crippen molar-refractivity contribution in [1.82, 2.24) is 0 Å². The van der Waals surface area contributed by atoms with Gasteiger partial charge in [0.25, 0.3) is 0 Å². The van der Waals surface area contributed by atoms with Gasteiger partial charge >= 0.3 is 37.7 Å². The van der Waals surface area contributed by atoms with Crippen molar-refractivity contribution in [3.05, 3.63) is 11.0 Å². The van der Waals surface area contributed by atoms with Crippen LogP contribution in [0.3, 0.4) is 0 Å². The van der Waals surface area contributed by atoms with Crippen LogP contribution in [0.15, 0.2) is 0 Å². The molecule has 38 valence electrons. The molecule has 0 aromatic rings. The van der Waals surface area contributed by atoms with Gasteiger partial charge in [-0.2, -0.15) is 7.05 Å². The molecule has 0 bridgehead atoms. The summed E-state index contributed by atoms with van der Waals surface area (Å²) in [5.74, 6) is 0. The molecule has 0 atom stereocenters. The van der Waals surface area contributed by atoms with Crippen LogP contribution in [-0.4, -0.2) is 15.5 Å². The minimum atomic E-state index is -3.29. The van der Waals surface area contributed by atoms with E-state index in [-0.39, 0.29) is 37.7 Å². The van der Waals surface area contributed by atoms with Gasteiger partial charge in [-0.1, -0.05) is 10.0 Å². The summed E-state index contributed by atoms with van der Waals surface area (Å²) in [6.07, 6.45) is 2.69. The van der Waals surface area contributed by atoms with E-state index >= 15 is 0 Å². The summed E-state index contributed by atoms with van der Waals surface area (Å²) in [5, 5.41) is 0. The van der Waals surface area contributed by atoms with Gasteiger partial charge in [0, 0.05) is 0 Å². The molecule has 0 aliphatic heterocycles. The summed E-state index contributed by atoms with van der Waals surface area (Å²) in [7, 11) is -2.10. The van der Waals surface area contributed by atoms with Crippen molar-refractivity contribution in [3.8, 4) is 0 Å². The Balaban J connectivity index is -0.000000125. The molecule has 0 heterocycles. The van der Waals surface area contributed by atoms with E-state index in [9.17, 15) is 8.42 Å². The first kappa shape index (κ1) is 16.0. The van der Waals surface area contributed by atoms with Crippen molar-refractivity contribution in [1.29, 1.82) is 0 Å². The zero-order valence-electron chi connectivity index (χ0n) is 5.38. The van der Waals surface area contributed by atoms with Gasteiger partial charge in [-0.05, 0) is 0 Å². The van der Waals surface area contributed by atoms with Crippen molar-refractivity contribution >= 4 is 10.0 Å². The minimum absolute atomic E-state index is 0. The number of rotatable bonds is 1. The Morgan fingerprint density at radius 2 is 1.50 bits per heavy atom. The van der Waals surface area contributed by atoms with E-state index in [1.807, 2.05) is 0 Å². The predicted molar refractivity (Wildman–Crippen MR) is 23.6 cm³/mol. The first-order valence-electron chi connectivity index (χ1n) is 1.25. The van der Waals surface area contributed by atoms with Gasteiger partial charge in [-0.15, -0.1) is 0 Å². The molecule has 0 spiro atoms. The number of hydrogen-bond acceptors (Lipinski definition) is 2. The minimum Gasteiger partial charge on any atom is -0.580 e. The van der Waals surface area contributed by atoms with Gasteiger partial charge < -0.3 is 4.72 Å². The molecule has 0 amide bonds. The third kappa shape index (κ3) is 15.7. The molecule has 3 nitrogen and oxygen atoms in total. The van der Waals surface area contributed by atoms with E-state index in [2.05, 4.69) is 11.0 Å². The second kappa shape index (κ2) is 6.23. The number of sulfonamides is 1. The summed E-state index contributed by atoms with van der Waals surface area (Å²) in [5.41, 5.74) is 0. The molecule has 0 aliphatic rings. The molecule has 0 radical (unpaired) electrons. The van der Waals surface area contributed by atoms with Gasteiger partial charge in [0.15, 0.2) is 0 Å². The largest absolute Gasteiger partial charge is 1.00 e. The zero-order valence-corrected chi connectivity index (χ0v) is 6.20.